The first kappa shape index (κ1) is 20.1. The SMILES string of the molecule is CC[CH-]C(=O)OC(C)(C)C.[B]c1cc[c-]cc1.[Y+3]. The van der Waals surface area contributed by atoms with Gasteiger partial charge in [-0.15, -0.1) is 0 Å². The Hall–Kier alpha value is -0.271. The Morgan fingerprint density at radius 1 is 1.39 bits per heavy atom. The second kappa shape index (κ2) is 10.6. The van der Waals surface area contributed by atoms with Crippen molar-refractivity contribution in [2.24, 2.45) is 0 Å². The molecule has 2 nitrogen and oxygen atoms in total. The molecule has 0 fully saturated rings. The van der Waals surface area contributed by atoms with Gasteiger partial charge in [0.15, 0.2) is 5.97 Å². The Labute approximate surface area is 137 Å². The van der Waals surface area contributed by atoms with Crippen molar-refractivity contribution in [2.45, 2.75) is 39.7 Å². The number of carbonyl (C=O) groups excluding carboxylic acids is 1. The minimum Gasteiger partial charge on any atom is -0.483 e. The molecule has 0 aliphatic rings. The van der Waals surface area contributed by atoms with Crippen LogP contribution < -0.4 is 5.46 Å². The van der Waals surface area contributed by atoms with Gasteiger partial charge in [0.25, 0.3) is 0 Å². The number of hydrogen-bond donors (Lipinski definition) is 0. The summed E-state index contributed by atoms with van der Waals surface area (Å²) in [5.74, 6) is -0.227. The van der Waals surface area contributed by atoms with Gasteiger partial charge in [0.1, 0.15) is 5.60 Å². The van der Waals surface area contributed by atoms with Gasteiger partial charge < -0.3 is 4.74 Å². The van der Waals surface area contributed by atoms with Gasteiger partial charge in [0.05, 0.1) is 7.85 Å². The van der Waals surface area contributed by atoms with Crippen LogP contribution in [-0.4, -0.2) is 19.4 Å². The molecule has 0 heterocycles. The predicted octanol–water partition coefficient (Wildman–Crippen LogP) is 2.22. The molecular weight excluding hydrogens is 300 g/mol. The molecule has 1 rings (SSSR count). The van der Waals surface area contributed by atoms with E-state index in [4.69, 9.17) is 12.6 Å². The van der Waals surface area contributed by atoms with Gasteiger partial charge in [-0.25, -0.2) is 5.46 Å². The van der Waals surface area contributed by atoms with Crippen LogP contribution in [-0.2, 0) is 42.2 Å². The van der Waals surface area contributed by atoms with Crippen molar-refractivity contribution in [2.75, 3.05) is 0 Å². The van der Waals surface area contributed by atoms with Crippen LogP contribution in [0.25, 0.3) is 0 Å². The molecule has 0 saturated carbocycles. The number of hydrogen-bond acceptors (Lipinski definition) is 2. The molecule has 0 aromatic heterocycles. The largest absolute Gasteiger partial charge is 3.00 e. The normalized spacial score (nSPS) is 9.33. The topological polar surface area (TPSA) is 26.3 Å². The van der Waals surface area contributed by atoms with Crippen molar-refractivity contribution in [3.63, 3.8) is 0 Å². The average molecular weight is 319 g/mol. The summed E-state index contributed by atoms with van der Waals surface area (Å²) >= 11 is 0. The predicted molar refractivity (Wildman–Crippen MR) is 71.1 cm³/mol. The molecule has 0 aliphatic carbocycles. The Kier molecular flexibility index (Phi) is 11.8. The molecule has 2 radical (unpaired) electrons. The van der Waals surface area contributed by atoms with Crippen LogP contribution in [0, 0.1) is 12.5 Å². The number of ether oxygens (including phenoxy) is 1. The van der Waals surface area contributed by atoms with E-state index < -0.39 is 0 Å². The number of esters is 1. The third-order valence-corrected chi connectivity index (χ3v) is 1.52. The Bertz CT molecular complexity index is 320. The van der Waals surface area contributed by atoms with E-state index >= 15 is 0 Å². The van der Waals surface area contributed by atoms with Crippen molar-refractivity contribution in [3.8, 4) is 0 Å². The van der Waals surface area contributed by atoms with Crippen molar-refractivity contribution in [3.05, 3.63) is 36.8 Å². The molecule has 4 heteroatoms. The summed E-state index contributed by atoms with van der Waals surface area (Å²) in [6, 6.07) is 10.0. The van der Waals surface area contributed by atoms with Crippen LogP contribution in [0.15, 0.2) is 24.3 Å². The van der Waals surface area contributed by atoms with Gasteiger partial charge in [-0.2, -0.15) is 36.8 Å². The van der Waals surface area contributed by atoms with Gasteiger partial charge in [-0.1, -0.05) is 6.92 Å². The minimum absolute atomic E-state index is 0. The molecule has 0 aliphatic heterocycles. The van der Waals surface area contributed by atoms with Gasteiger partial charge in [0.2, 0.25) is 0 Å². The first-order valence-corrected chi connectivity index (χ1v) is 5.63. The van der Waals surface area contributed by atoms with Crippen molar-refractivity contribution >= 4 is 19.3 Å². The zero-order chi connectivity index (χ0) is 13.3. The summed E-state index contributed by atoms with van der Waals surface area (Å²) in [6.45, 7) is 7.47. The van der Waals surface area contributed by atoms with Gasteiger partial charge in [-0.3, -0.25) is 11.2 Å². The average Bonchev–Trinajstić information content (AvgIpc) is 2.17. The maximum atomic E-state index is 10.8. The summed E-state index contributed by atoms with van der Waals surface area (Å²) in [6.07, 6.45) is 2.26. The molecule has 18 heavy (non-hydrogen) atoms. The van der Waals surface area contributed by atoms with Crippen molar-refractivity contribution in [1.29, 1.82) is 0 Å². The first-order chi connectivity index (χ1) is 7.85. The Morgan fingerprint density at radius 3 is 2.17 bits per heavy atom. The molecule has 92 valence electrons. The van der Waals surface area contributed by atoms with Crippen LogP contribution in [0.1, 0.15) is 34.1 Å². The smallest absolute Gasteiger partial charge is 0.483 e. The maximum Gasteiger partial charge on any atom is 3.00 e. The first-order valence-electron chi connectivity index (χ1n) is 5.63. The summed E-state index contributed by atoms with van der Waals surface area (Å²) in [7, 11) is 5.34. The van der Waals surface area contributed by atoms with Crippen LogP contribution in [0.4, 0.5) is 0 Å². The van der Waals surface area contributed by atoms with Crippen LogP contribution in [0.3, 0.4) is 0 Å². The van der Waals surface area contributed by atoms with E-state index in [1.165, 1.54) is 6.42 Å². The van der Waals surface area contributed by atoms with Crippen LogP contribution in [0.5, 0.6) is 0 Å². The molecule has 0 unspecified atom stereocenters. The molecule has 0 bridgehead atoms. The monoisotopic (exact) mass is 319 g/mol. The fraction of sp³-hybridized carbons (Fsp3) is 0.429. The molecule has 0 N–H and O–H groups in total. The number of carbonyl (C=O) groups is 1. The van der Waals surface area contributed by atoms with Crippen molar-refractivity contribution < 1.29 is 42.2 Å². The molecular formula is C14H19BO2Y+. The number of benzene rings is 1. The quantitative estimate of drug-likeness (QED) is 0.475. The standard InChI is InChI=1S/C8H15O2.C6H4B.Y/c1-5-6-7(9)10-8(2,3)4;7-6-4-2-1-3-5-6;/h6H,5H2,1-4H3;2-5H;/q2*-1;+3. The van der Waals surface area contributed by atoms with E-state index in [-0.39, 0.29) is 44.3 Å². The van der Waals surface area contributed by atoms with E-state index in [1.54, 1.807) is 24.3 Å². The van der Waals surface area contributed by atoms with Crippen LogP contribution >= 0.6 is 0 Å². The molecule has 0 atom stereocenters. The molecule has 0 saturated heterocycles. The van der Waals surface area contributed by atoms with E-state index in [2.05, 4.69) is 6.07 Å². The fourth-order valence-corrected chi connectivity index (χ4v) is 0.910. The summed E-state index contributed by atoms with van der Waals surface area (Å²) < 4.78 is 4.98. The third kappa shape index (κ3) is 13.8. The maximum absolute atomic E-state index is 10.8. The van der Waals surface area contributed by atoms with Crippen LogP contribution in [0.2, 0.25) is 0 Å². The van der Waals surface area contributed by atoms with Crippen molar-refractivity contribution in [1.82, 2.24) is 0 Å². The van der Waals surface area contributed by atoms with E-state index in [9.17, 15) is 4.79 Å². The van der Waals surface area contributed by atoms with E-state index in [0.29, 0.717) is 0 Å². The van der Waals surface area contributed by atoms with E-state index in [0.717, 1.165) is 11.9 Å². The summed E-state index contributed by atoms with van der Waals surface area (Å²) in [5, 5.41) is 0. The number of rotatable bonds is 2. The molecule has 0 spiro atoms. The molecule has 1 aromatic rings. The van der Waals surface area contributed by atoms with Gasteiger partial charge in [-0.05, 0) is 20.8 Å². The second-order valence-electron chi connectivity index (χ2n) is 4.48. The van der Waals surface area contributed by atoms with E-state index in [1.807, 2.05) is 27.7 Å². The fourth-order valence-electron chi connectivity index (χ4n) is 0.910. The van der Waals surface area contributed by atoms with Gasteiger partial charge in [0, 0.05) is 0 Å². The zero-order valence-corrected chi connectivity index (χ0v) is 14.4. The Balaban J connectivity index is 0. The minimum atomic E-state index is -0.358. The summed E-state index contributed by atoms with van der Waals surface area (Å²) in [5.41, 5.74) is 0.432. The Morgan fingerprint density at radius 2 is 1.89 bits per heavy atom. The molecule has 1 aromatic carbocycles. The third-order valence-electron chi connectivity index (χ3n) is 1.52. The second-order valence-corrected chi connectivity index (χ2v) is 4.48. The summed E-state index contributed by atoms with van der Waals surface area (Å²) in [4.78, 5) is 10.8. The zero-order valence-electron chi connectivity index (χ0n) is 11.6. The van der Waals surface area contributed by atoms with Gasteiger partial charge >= 0.3 is 32.7 Å². The molecule has 0 amide bonds.